The van der Waals surface area contributed by atoms with Gasteiger partial charge in [0.05, 0.1) is 5.69 Å². The first-order chi connectivity index (χ1) is 12.1. The van der Waals surface area contributed by atoms with E-state index in [2.05, 4.69) is 25.9 Å². The lowest BCUT2D eigenvalue weighted by molar-refractivity contribution is -0.142. The van der Waals surface area contributed by atoms with Gasteiger partial charge in [-0.15, -0.1) is 0 Å². The molecule has 0 unspecified atom stereocenters. The molecule has 0 N–H and O–H groups in total. The molecular formula is C21H28N2O3. The van der Waals surface area contributed by atoms with Crippen LogP contribution in [0.25, 0.3) is 0 Å². The number of carbonyl (C=O) groups excluding carboxylic acids is 2. The van der Waals surface area contributed by atoms with Crippen LogP contribution in [0, 0.1) is 13.8 Å². The first-order valence-electron chi connectivity index (χ1n) is 8.88. The van der Waals surface area contributed by atoms with Gasteiger partial charge in [-0.2, -0.15) is 5.10 Å². The first-order valence-corrected chi connectivity index (χ1v) is 8.88. The number of aromatic nitrogens is 2. The molecular weight excluding hydrogens is 328 g/mol. The van der Waals surface area contributed by atoms with Crippen molar-refractivity contribution in [1.29, 1.82) is 0 Å². The summed E-state index contributed by atoms with van der Waals surface area (Å²) in [6.45, 7) is 10.1. The summed E-state index contributed by atoms with van der Waals surface area (Å²) in [5, 5.41) is 4.34. The highest BCUT2D eigenvalue weighted by Gasteiger charge is 2.16. The van der Waals surface area contributed by atoms with Crippen LogP contribution >= 0.6 is 0 Å². The quantitative estimate of drug-likeness (QED) is 0.585. The molecule has 1 aromatic heterocycles. The fourth-order valence-corrected chi connectivity index (χ4v) is 2.86. The summed E-state index contributed by atoms with van der Waals surface area (Å²) >= 11 is 0. The molecule has 2 aromatic rings. The number of carbonyl (C=O) groups is 2. The van der Waals surface area contributed by atoms with Crippen molar-refractivity contribution in [3.8, 4) is 0 Å². The average Bonchev–Trinajstić information content (AvgIpc) is 2.82. The van der Waals surface area contributed by atoms with E-state index in [1.54, 1.807) is 16.8 Å². The van der Waals surface area contributed by atoms with Crippen LogP contribution in [-0.4, -0.2) is 28.1 Å². The third-order valence-electron chi connectivity index (χ3n) is 4.68. The van der Waals surface area contributed by atoms with Crippen LogP contribution in [0.15, 0.2) is 24.3 Å². The number of ketones is 1. The molecule has 0 spiro atoms. The number of esters is 1. The maximum atomic E-state index is 12.2. The zero-order valence-electron chi connectivity index (χ0n) is 16.5. The van der Waals surface area contributed by atoms with Crippen molar-refractivity contribution in [2.24, 2.45) is 7.05 Å². The highest BCUT2D eigenvalue weighted by molar-refractivity contribution is 5.98. The van der Waals surface area contributed by atoms with Crippen molar-refractivity contribution in [3.05, 3.63) is 52.3 Å². The summed E-state index contributed by atoms with van der Waals surface area (Å²) in [5.41, 5.74) is 4.79. The summed E-state index contributed by atoms with van der Waals surface area (Å²) in [4.78, 5) is 24.2. The molecule has 1 aromatic carbocycles. The van der Waals surface area contributed by atoms with E-state index in [0.29, 0.717) is 12.0 Å². The molecule has 5 heteroatoms. The minimum atomic E-state index is -0.368. The highest BCUT2D eigenvalue weighted by atomic mass is 16.5. The second kappa shape index (κ2) is 7.85. The van der Waals surface area contributed by atoms with Crippen LogP contribution in [0.4, 0.5) is 0 Å². The molecule has 0 saturated carbocycles. The number of hydrogen-bond acceptors (Lipinski definition) is 4. The van der Waals surface area contributed by atoms with E-state index in [1.165, 1.54) is 0 Å². The van der Waals surface area contributed by atoms with Gasteiger partial charge >= 0.3 is 5.97 Å². The molecule has 0 saturated heterocycles. The monoisotopic (exact) mass is 356 g/mol. The second-order valence-electron chi connectivity index (χ2n) is 7.68. The van der Waals surface area contributed by atoms with Gasteiger partial charge in [-0.25, -0.2) is 0 Å². The predicted molar refractivity (Wildman–Crippen MR) is 101 cm³/mol. The van der Waals surface area contributed by atoms with Crippen LogP contribution in [0.3, 0.4) is 0 Å². The Hall–Kier alpha value is -2.43. The predicted octanol–water partition coefficient (Wildman–Crippen LogP) is 3.69. The van der Waals surface area contributed by atoms with E-state index in [1.807, 2.05) is 33.0 Å². The summed E-state index contributed by atoms with van der Waals surface area (Å²) < 4.78 is 6.95. The van der Waals surface area contributed by atoms with Crippen LogP contribution in [0.1, 0.15) is 60.1 Å². The fourth-order valence-electron chi connectivity index (χ4n) is 2.86. The van der Waals surface area contributed by atoms with Gasteiger partial charge in [-0.1, -0.05) is 45.0 Å². The molecule has 26 heavy (non-hydrogen) atoms. The molecule has 0 aliphatic carbocycles. The highest BCUT2D eigenvalue weighted by Crippen LogP contribution is 2.22. The topological polar surface area (TPSA) is 61.2 Å². The molecule has 140 valence electrons. The Balaban J connectivity index is 1.86. The lowest BCUT2D eigenvalue weighted by Gasteiger charge is -2.18. The molecule has 1 heterocycles. The van der Waals surface area contributed by atoms with Crippen LogP contribution in [0.2, 0.25) is 0 Å². The smallest absolute Gasteiger partial charge is 0.306 e. The SMILES string of the molecule is Cc1nn(C)c(C)c1CCC(=O)OCC(=O)c1ccc(C(C)(C)C)cc1. The molecule has 0 amide bonds. The second-order valence-corrected chi connectivity index (χ2v) is 7.68. The van der Waals surface area contributed by atoms with Gasteiger partial charge < -0.3 is 4.74 Å². The minimum absolute atomic E-state index is 0.0383. The number of hydrogen-bond donors (Lipinski definition) is 0. The van der Waals surface area contributed by atoms with Crippen molar-refractivity contribution in [2.75, 3.05) is 6.61 Å². The first kappa shape index (κ1) is 19.9. The van der Waals surface area contributed by atoms with Crippen LogP contribution in [-0.2, 0) is 28.4 Å². The van der Waals surface area contributed by atoms with Crippen molar-refractivity contribution in [3.63, 3.8) is 0 Å². The molecule has 0 fully saturated rings. The largest absolute Gasteiger partial charge is 0.457 e. The van der Waals surface area contributed by atoms with Crippen molar-refractivity contribution in [2.45, 2.75) is 52.9 Å². The van der Waals surface area contributed by atoms with Crippen molar-refractivity contribution < 1.29 is 14.3 Å². The van der Waals surface area contributed by atoms with E-state index >= 15 is 0 Å². The van der Waals surface area contributed by atoms with E-state index in [9.17, 15) is 9.59 Å². The number of ether oxygens (including phenoxy) is 1. The Morgan fingerprint density at radius 3 is 2.23 bits per heavy atom. The number of benzene rings is 1. The maximum Gasteiger partial charge on any atom is 0.306 e. The Labute approximate surface area is 155 Å². The van der Waals surface area contributed by atoms with Gasteiger partial charge in [0.1, 0.15) is 0 Å². The minimum Gasteiger partial charge on any atom is -0.457 e. The van der Waals surface area contributed by atoms with Crippen molar-refractivity contribution >= 4 is 11.8 Å². The molecule has 0 atom stereocenters. The Kier molecular flexibility index (Phi) is 6.01. The summed E-state index contributed by atoms with van der Waals surface area (Å²) in [7, 11) is 1.88. The lowest BCUT2D eigenvalue weighted by Crippen LogP contribution is -2.15. The normalized spacial score (nSPS) is 11.5. The molecule has 0 radical (unpaired) electrons. The van der Waals surface area contributed by atoms with Gasteiger partial charge in [0, 0.05) is 24.7 Å². The molecule has 5 nitrogen and oxygen atoms in total. The molecule has 0 bridgehead atoms. The summed E-state index contributed by atoms with van der Waals surface area (Å²) in [6, 6.07) is 7.48. The zero-order chi connectivity index (χ0) is 19.5. The molecule has 0 aliphatic heterocycles. The van der Waals surface area contributed by atoms with E-state index in [0.717, 1.165) is 22.5 Å². The maximum absolute atomic E-state index is 12.2. The number of aryl methyl sites for hydroxylation is 2. The van der Waals surface area contributed by atoms with Gasteiger partial charge in [0.15, 0.2) is 12.4 Å². The summed E-state index contributed by atoms with van der Waals surface area (Å²) in [5.74, 6) is -0.556. The van der Waals surface area contributed by atoms with Gasteiger partial charge in [-0.05, 0) is 36.8 Å². The van der Waals surface area contributed by atoms with Crippen molar-refractivity contribution in [1.82, 2.24) is 9.78 Å². The number of rotatable bonds is 6. The summed E-state index contributed by atoms with van der Waals surface area (Å²) in [6.07, 6.45) is 0.808. The van der Waals surface area contributed by atoms with Gasteiger partial charge in [0.2, 0.25) is 0 Å². The van der Waals surface area contributed by atoms with Crippen LogP contribution < -0.4 is 0 Å². The Bertz CT molecular complexity index is 796. The number of nitrogens with zero attached hydrogens (tertiary/aromatic N) is 2. The fraction of sp³-hybridized carbons (Fsp3) is 0.476. The van der Waals surface area contributed by atoms with Crippen LogP contribution in [0.5, 0.6) is 0 Å². The lowest BCUT2D eigenvalue weighted by atomic mass is 9.86. The number of Topliss-reactive ketones (excluding diaryl/α,β-unsaturated/α-hetero) is 1. The van der Waals surface area contributed by atoms with E-state index in [4.69, 9.17) is 4.74 Å². The average molecular weight is 356 g/mol. The Morgan fingerprint density at radius 2 is 1.73 bits per heavy atom. The van der Waals surface area contributed by atoms with E-state index in [-0.39, 0.29) is 30.2 Å². The van der Waals surface area contributed by atoms with Gasteiger partial charge in [-0.3, -0.25) is 14.3 Å². The third-order valence-corrected chi connectivity index (χ3v) is 4.68. The standard InChI is InChI=1S/C21H28N2O3/c1-14-18(15(2)23(6)22-14)11-12-20(25)26-13-19(24)16-7-9-17(10-8-16)21(3,4)5/h7-10H,11-13H2,1-6H3. The van der Waals surface area contributed by atoms with Gasteiger partial charge in [0.25, 0.3) is 0 Å². The third kappa shape index (κ3) is 4.81. The van der Waals surface area contributed by atoms with E-state index < -0.39 is 0 Å². The zero-order valence-corrected chi connectivity index (χ0v) is 16.5. The Morgan fingerprint density at radius 1 is 1.12 bits per heavy atom. The molecule has 2 rings (SSSR count). The molecule has 0 aliphatic rings.